The lowest BCUT2D eigenvalue weighted by Crippen LogP contribution is -2.55. The Morgan fingerprint density at radius 3 is 2.69 bits per heavy atom. The number of nitrogens with zero attached hydrogens (tertiary/aromatic N) is 3. The number of hydrogen-bond donors (Lipinski definition) is 2. The van der Waals surface area contributed by atoms with Gasteiger partial charge in [-0.3, -0.25) is 4.79 Å². The largest absolute Gasteiger partial charge is 0.392 e. The number of aliphatic hydroxyl groups excluding tert-OH is 1. The fraction of sp³-hybridized carbons (Fsp3) is 0.818. The lowest BCUT2D eigenvalue weighted by Gasteiger charge is -2.53. The predicted octanol–water partition coefficient (Wildman–Crippen LogP) is 2.65. The summed E-state index contributed by atoms with van der Waals surface area (Å²) in [7, 11) is 4.02. The van der Waals surface area contributed by atoms with Gasteiger partial charge >= 0.3 is 0 Å². The standard InChI is InChI=1S/C22H36N4O2S/c1-13(20(28)26-10-8-25(5)9-11-26)15-6-7-22(3)12-16-18(24-21(23-4)29-16)14(2)17(22)19(15)27/h13-15,17,19,27H,6-12H2,1-5H3,(H,23,24). The summed E-state index contributed by atoms with van der Waals surface area (Å²) in [5.41, 5.74) is 1.23. The third kappa shape index (κ3) is 3.59. The molecule has 2 aliphatic carbocycles. The van der Waals surface area contributed by atoms with Crippen LogP contribution in [0.1, 0.15) is 50.1 Å². The van der Waals surface area contributed by atoms with Gasteiger partial charge in [0.05, 0.1) is 11.8 Å². The summed E-state index contributed by atoms with van der Waals surface area (Å²) >= 11 is 1.76. The molecule has 2 heterocycles. The monoisotopic (exact) mass is 420 g/mol. The van der Waals surface area contributed by atoms with Gasteiger partial charge in [-0.15, -0.1) is 11.3 Å². The number of aromatic nitrogens is 1. The van der Waals surface area contributed by atoms with Crippen molar-refractivity contribution in [1.29, 1.82) is 0 Å². The van der Waals surface area contributed by atoms with Gasteiger partial charge in [-0.05, 0) is 43.6 Å². The molecule has 7 heteroatoms. The average Bonchev–Trinajstić information content (AvgIpc) is 3.10. The van der Waals surface area contributed by atoms with Crippen LogP contribution < -0.4 is 5.32 Å². The van der Waals surface area contributed by atoms with Gasteiger partial charge in [-0.1, -0.05) is 20.8 Å². The molecular weight excluding hydrogens is 384 g/mol. The highest BCUT2D eigenvalue weighted by molar-refractivity contribution is 7.15. The number of rotatable bonds is 3. The van der Waals surface area contributed by atoms with Gasteiger partial charge in [0.25, 0.3) is 0 Å². The van der Waals surface area contributed by atoms with Gasteiger partial charge in [0.1, 0.15) is 0 Å². The fourth-order valence-electron chi connectivity index (χ4n) is 6.15. The van der Waals surface area contributed by atoms with Crippen LogP contribution in [0.15, 0.2) is 0 Å². The van der Waals surface area contributed by atoms with Crippen molar-refractivity contribution in [3.05, 3.63) is 10.6 Å². The van der Waals surface area contributed by atoms with Crippen LogP contribution in [-0.4, -0.2) is 72.2 Å². The van der Waals surface area contributed by atoms with Crippen LogP contribution >= 0.6 is 11.3 Å². The van der Waals surface area contributed by atoms with Crippen LogP contribution in [0, 0.1) is 23.2 Å². The van der Waals surface area contributed by atoms with Crippen LogP contribution in [0.3, 0.4) is 0 Å². The van der Waals surface area contributed by atoms with E-state index in [-0.39, 0.29) is 35.0 Å². The molecule has 3 aliphatic rings. The Balaban J connectivity index is 1.53. The zero-order valence-corrected chi connectivity index (χ0v) is 19.3. The molecule has 1 amide bonds. The maximum absolute atomic E-state index is 13.2. The van der Waals surface area contributed by atoms with Crippen molar-refractivity contribution in [3.63, 3.8) is 0 Å². The van der Waals surface area contributed by atoms with Gasteiger partial charge in [0.2, 0.25) is 5.91 Å². The third-order valence-electron chi connectivity index (χ3n) is 7.98. The number of nitrogens with one attached hydrogen (secondary N) is 1. The van der Waals surface area contributed by atoms with Crippen LogP contribution in [0.5, 0.6) is 0 Å². The number of aliphatic hydroxyl groups is 1. The van der Waals surface area contributed by atoms with E-state index in [9.17, 15) is 9.90 Å². The van der Waals surface area contributed by atoms with E-state index in [1.54, 1.807) is 11.3 Å². The second-order valence-corrected chi connectivity index (χ2v) is 10.9. The molecule has 0 radical (unpaired) electrons. The van der Waals surface area contributed by atoms with Gasteiger partial charge in [-0.2, -0.15) is 0 Å². The zero-order chi connectivity index (χ0) is 20.9. The minimum atomic E-state index is -0.456. The normalized spacial score (nSPS) is 36.3. The molecule has 162 valence electrons. The summed E-state index contributed by atoms with van der Waals surface area (Å²) in [5.74, 6) is 0.497. The first-order chi connectivity index (χ1) is 13.7. The minimum Gasteiger partial charge on any atom is -0.392 e. The molecule has 0 aromatic carbocycles. The summed E-state index contributed by atoms with van der Waals surface area (Å²) in [6, 6.07) is 0. The molecule has 2 fully saturated rings. The lowest BCUT2D eigenvalue weighted by atomic mass is 9.53. The maximum atomic E-state index is 13.2. The second kappa shape index (κ2) is 7.82. The minimum absolute atomic E-state index is 0.0339. The molecule has 4 rings (SSSR count). The number of fused-ring (bicyclic) bond motifs is 2. The van der Waals surface area contributed by atoms with Gasteiger partial charge in [-0.25, -0.2) is 4.98 Å². The summed E-state index contributed by atoms with van der Waals surface area (Å²) in [6.45, 7) is 10.1. The number of amides is 1. The van der Waals surface area contributed by atoms with E-state index in [2.05, 4.69) is 31.1 Å². The number of carbonyl (C=O) groups is 1. The Labute approximate surface area is 178 Å². The second-order valence-electron chi connectivity index (χ2n) is 9.83. The average molecular weight is 421 g/mol. The Kier molecular flexibility index (Phi) is 5.68. The molecule has 1 aliphatic heterocycles. The summed E-state index contributed by atoms with van der Waals surface area (Å²) in [6.07, 6.45) is 2.52. The summed E-state index contributed by atoms with van der Waals surface area (Å²) in [4.78, 5) is 23.6. The van der Waals surface area contributed by atoms with Gasteiger partial charge in [0.15, 0.2) is 5.13 Å². The Bertz CT molecular complexity index is 760. The maximum Gasteiger partial charge on any atom is 0.225 e. The molecular formula is C22H36N4O2S. The van der Waals surface area contributed by atoms with Crippen molar-refractivity contribution in [2.45, 2.75) is 52.1 Å². The zero-order valence-electron chi connectivity index (χ0n) is 18.4. The summed E-state index contributed by atoms with van der Waals surface area (Å²) < 4.78 is 0. The number of likely N-dealkylation sites (N-methyl/N-ethyl adjacent to an activating group) is 1. The van der Waals surface area contributed by atoms with E-state index in [0.717, 1.165) is 56.3 Å². The Hall–Kier alpha value is -1.18. The van der Waals surface area contributed by atoms with Crippen molar-refractivity contribution in [2.24, 2.45) is 23.2 Å². The molecule has 6 unspecified atom stereocenters. The van der Waals surface area contributed by atoms with Crippen molar-refractivity contribution >= 4 is 22.4 Å². The molecule has 6 nitrogen and oxygen atoms in total. The molecule has 29 heavy (non-hydrogen) atoms. The number of anilines is 1. The van der Waals surface area contributed by atoms with Crippen molar-refractivity contribution in [1.82, 2.24) is 14.8 Å². The summed E-state index contributed by atoms with van der Waals surface area (Å²) in [5, 5.41) is 15.7. The van der Waals surface area contributed by atoms with Crippen molar-refractivity contribution in [3.8, 4) is 0 Å². The van der Waals surface area contributed by atoms with Crippen LogP contribution in [-0.2, 0) is 11.2 Å². The quantitative estimate of drug-likeness (QED) is 0.787. The highest BCUT2D eigenvalue weighted by Gasteiger charge is 2.54. The van der Waals surface area contributed by atoms with Crippen molar-refractivity contribution in [2.75, 3.05) is 45.6 Å². The van der Waals surface area contributed by atoms with E-state index in [0.29, 0.717) is 0 Å². The molecule has 0 bridgehead atoms. The molecule has 1 saturated heterocycles. The third-order valence-corrected chi connectivity index (χ3v) is 9.07. The molecule has 6 atom stereocenters. The van der Waals surface area contributed by atoms with Crippen molar-refractivity contribution < 1.29 is 9.90 Å². The first-order valence-corrected chi connectivity index (χ1v) is 11.9. The Morgan fingerprint density at radius 1 is 1.34 bits per heavy atom. The van der Waals surface area contributed by atoms with Gasteiger partial charge < -0.3 is 20.2 Å². The molecule has 2 N–H and O–H groups in total. The van der Waals surface area contributed by atoms with E-state index < -0.39 is 6.10 Å². The molecule has 1 saturated carbocycles. The highest BCUT2D eigenvalue weighted by Crippen LogP contribution is 2.57. The first-order valence-electron chi connectivity index (χ1n) is 11.1. The number of piperazine rings is 1. The number of thiazole rings is 1. The first kappa shape index (κ1) is 21.1. The van der Waals surface area contributed by atoms with Crippen LogP contribution in [0.25, 0.3) is 0 Å². The van der Waals surface area contributed by atoms with E-state index in [1.165, 1.54) is 4.88 Å². The van der Waals surface area contributed by atoms with Crippen LogP contribution in [0.2, 0.25) is 0 Å². The predicted molar refractivity (Wildman–Crippen MR) is 117 cm³/mol. The smallest absolute Gasteiger partial charge is 0.225 e. The fourth-order valence-corrected chi connectivity index (χ4v) is 7.37. The number of carbonyl (C=O) groups excluding carboxylic acids is 1. The van der Waals surface area contributed by atoms with Gasteiger partial charge in [0, 0.05) is 49.9 Å². The Morgan fingerprint density at radius 2 is 2.03 bits per heavy atom. The topological polar surface area (TPSA) is 68.7 Å². The number of hydrogen-bond acceptors (Lipinski definition) is 6. The molecule has 0 spiro atoms. The lowest BCUT2D eigenvalue weighted by molar-refractivity contribution is -0.146. The SMILES string of the molecule is CNc1nc2c(s1)CC1(C)CCC(C(C)C(=O)N3CCN(C)CC3)C(O)C1C2C. The van der Waals surface area contributed by atoms with E-state index in [1.807, 2.05) is 18.9 Å². The highest BCUT2D eigenvalue weighted by atomic mass is 32.1. The van der Waals surface area contributed by atoms with E-state index in [4.69, 9.17) is 4.98 Å². The van der Waals surface area contributed by atoms with E-state index >= 15 is 0 Å². The van der Waals surface area contributed by atoms with Crippen LogP contribution in [0.4, 0.5) is 5.13 Å². The molecule has 1 aromatic rings. The molecule has 1 aromatic heterocycles.